The number of hydrogen-bond acceptors (Lipinski definition) is 6. The second kappa shape index (κ2) is 14.0. The average molecular weight is 603 g/mol. The summed E-state index contributed by atoms with van der Waals surface area (Å²) in [5.41, 5.74) is 2.05. The molecule has 0 bridgehead atoms. The molecule has 2 amide bonds. The molecule has 0 aliphatic carbocycles. The van der Waals surface area contributed by atoms with Gasteiger partial charge in [-0.25, -0.2) is 4.79 Å². The predicted octanol–water partition coefficient (Wildman–Crippen LogP) is 5.98. The standard InChI is InChI=1S/C36H38N6O3/c1-35(2,3)45-34(44)37-31(33-39-41-42(40-33)25-24-27-16-8-4-9-17-27)26-32(43)38-36(28-18-10-5-11-19-28,29-20-12-6-13-21-29)30-22-14-7-15-23-30/h4-23,31H,24-26H2,1-3H3,(H,37,44)(H,38,43)/t31-/m1/s1. The van der Waals surface area contributed by atoms with E-state index in [1.165, 1.54) is 4.80 Å². The lowest BCUT2D eigenvalue weighted by atomic mass is 9.77. The Kier molecular flexibility index (Phi) is 9.67. The molecule has 0 radical (unpaired) electrons. The number of nitrogens with zero attached hydrogens (tertiary/aromatic N) is 4. The van der Waals surface area contributed by atoms with E-state index >= 15 is 0 Å². The minimum atomic E-state index is -1.02. The highest BCUT2D eigenvalue weighted by Gasteiger charge is 2.39. The van der Waals surface area contributed by atoms with E-state index in [9.17, 15) is 9.59 Å². The molecule has 0 saturated heterocycles. The zero-order valence-corrected chi connectivity index (χ0v) is 25.8. The maximum atomic E-state index is 14.2. The van der Waals surface area contributed by atoms with E-state index in [0.717, 1.165) is 22.3 Å². The first-order valence-electron chi connectivity index (χ1n) is 15.0. The molecule has 0 spiro atoms. The van der Waals surface area contributed by atoms with Crippen LogP contribution < -0.4 is 10.6 Å². The third-order valence-corrected chi connectivity index (χ3v) is 7.25. The minimum absolute atomic E-state index is 0.155. The number of tetrazole rings is 1. The number of amides is 2. The molecule has 5 rings (SSSR count). The number of aromatic nitrogens is 4. The van der Waals surface area contributed by atoms with Crippen LogP contribution in [-0.4, -0.2) is 37.8 Å². The summed E-state index contributed by atoms with van der Waals surface area (Å²) in [5.74, 6) is -0.109. The molecule has 230 valence electrons. The summed E-state index contributed by atoms with van der Waals surface area (Å²) in [4.78, 5) is 28.6. The molecule has 1 heterocycles. The molecular weight excluding hydrogens is 564 g/mol. The summed E-state index contributed by atoms with van der Waals surface area (Å²) >= 11 is 0. The Morgan fingerprint density at radius 3 is 1.73 bits per heavy atom. The fourth-order valence-electron chi connectivity index (χ4n) is 5.25. The van der Waals surface area contributed by atoms with Crippen LogP contribution in [0.2, 0.25) is 0 Å². The van der Waals surface area contributed by atoms with E-state index in [1.807, 2.05) is 121 Å². The van der Waals surface area contributed by atoms with Gasteiger partial charge in [0.1, 0.15) is 17.2 Å². The summed E-state index contributed by atoms with van der Waals surface area (Å²) in [6.07, 6.45) is -0.131. The van der Waals surface area contributed by atoms with Gasteiger partial charge in [0, 0.05) is 0 Å². The lowest BCUT2D eigenvalue weighted by Gasteiger charge is -2.37. The average Bonchev–Trinajstić information content (AvgIpc) is 3.52. The van der Waals surface area contributed by atoms with Crippen molar-refractivity contribution in [2.24, 2.45) is 0 Å². The van der Waals surface area contributed by atoms with Gasteiger partial charge in [-0.2, -0.15) is 4.80 Å². The molecule has 0 saturated carbocycles. The second-order valence-electron chi connectivity index (χ2n) is 11.8. The highest BCUT2D eigenvalue weighted by Crippen LogP contribution is 2.37. The van der Waals surface area contributed by atoms with Crippen LogP contribution in [-0.2, 0) is 28.0 Å². The third-order valence-electron chi connectivity index (χ3n) is 7.25. The van der Waals surface area contributed by atoms with Crippen LogP contribution in [0.3, 0.4) is 0 Å². The number of carbonyl (C=O) groups is 2. The third kappa shape index (κ3) is 8.00. The van der Waals surface area contributed by atoms with Crippen LogP contribution >= 0.6 is 0 Å². The van der Waals surface area contributed by atoms with Crippen molar-refractivity contribution >= 4 is 12.0 Å². The normalized spacial score (nSPS) is 12.2. The van der Waals surface area contributed by atoms with Crippen molar-refractivity contribution in [3.63, 3.8) is 0 Å². The van der Waals surface area contributed by atoms with Gasteiger partial charge in [-0.05, 0) is 54.7 Å². The van der Waals surface area contributed by atoms with E-state index in [4.69, 9.17) is 4.74 Å². The number of alkyl carbamates (subject to hydrolysis) is 1. The van der Waals surface area contributed by atoms with E-state index in [2.05, 4.69) is 26.0 Å². The SMILES string of the molecule is CC(C)(C)OC(=O)N[C@H](CC(=O)NC(c1ccccc1)(c1ccccc1)c1ccccc1)c1nnn(CCc2ccccc2)n1. The van der Waals surface area contributed by atoms with Crippen molar-refractivity contribution < 1.29 is 14.3 Å². The summed E-state index contributed by atoms with van der Waals surface area (Å²) < 4.78 is 5.53. The maximum absolute atomic E-state index is 14.2. The second-order valence-corrected chi connectivity index (χ2v) is 11.8. The van der Waals surface area contributed by atoms with Crippen LogP contribution in [0, 0.1) is 0 Å². The van der Waals surface area contributed by atoms with Crippen molar-refractivity contribution in [2.75, 3.05) is 0 Å². The fraction of sp³-hybridized carbons (Fsp3) is 0.250. The van der Waals surface area contributed by atoms with Crippen molar-refractivity contribution in [3.8, 4) is 0 Å². The zero-order valence-electron chi connectivity index (χ0n) is 25.8. The Morgan fingerprint density at radius 2 is 1.24 bits per heavy atom. The number of nitrogens with one attached hydrogen (secondary N) is 2. The number of aryl methyl sites for hydroxylation is 2. The zero-order chi connectivity index (χ0) is 31.7. The molecule has 9 nitrogen and oxygen atoms in total. The van der Waals surface area contributed by atoms with Gasteiger partial charge in [-0.15, -0.1) is 10.2 Å². The first-order valence-corrected chi connectivity index (χ1v) is 15.0. The van der Waals surface area contributed by atoms with Crippen LogP contribution in [0.1, 0.15) is 61.3 Å². The van der Waals surface area contributed by atoms with Gasteiger partial charge in [-0.1, -0.05) is 121 Å². The van der Waals surface area contributed by atoms with Crippen molar-refractivity contribution in [1.29, 1.82) is 0 Å². The van der Waals surface area contributed by atoms with Crippen LogP contribution in [0.25, 0.3) is 0 Å². The van der Waals surface area contributed by atoms with E-state index < -0.39 is 23.3 Å². The Labute approximate surface area is 263 Å². The van der Waals surface area contributed by atoms with Gasteiger partial charge in [0.05, 0.1) is 13.0 Å². The molecule has 0 aliphatic heterocycles. The van der Waals surface area contributed by atoms with Crippen molar-refractivity contribution in [2.45, 2.75) is 57.3 Å². The van der Waals surface area contributed by atoms with Gasteiger partial charge in [-0.3, -0.25) is 4.79 Å². The van der Waals surface area contributed by atoms with Crippen LogP contribution in [0.15, 0.2) is 121 Å². The van der Waals surface area contributed by atoms with Gasteiger partial charge >= 0.3 is 6.09 Å². The van der Waals surface area contributed by atoms with E-state index in [1.54, 1.807) is 20.8 Å². The molecule has 45 heavy (non-hydrogen) atoms. The predicted molar refractivity (Wildman–Crippen MR) is 172 cm³/mol. The monoisotopic (exact) mass is 602 g/mol. The number of hydrogen-bond donors (Lipinski definition) is 2. The quantitative estimate of drug-likeness (QED) is 0.180. The number of rotatable bonds is 11. The molecule has 5 aromatic rings. The Morgan fingerprint density at radius 1 is 0.756 bits per heavy atom. The number of carbonyl (C=O) groups excluding carboxylic acids is 2. The minimum Gasteiger partial charge on any atom is -0.444 e. The first kappa shape index (κ1) is 31.1. The summed E-state index contributed by atoms with van der Waals surface area (Å²) in [6.45, 7) is 5.82. The maximum Gasteiger partial charge on any atom is 0.408 e. The molecule has 2 N–H and O–H groups in total. The first-order chi connectivity index (χ1) is 21.7. The van der Waals surface area contributed by atoms with Gasteiger partial charge < -0.3 is 15.4 Å². The Balaban J connectivity index is 1.46. The lowest BCUT2D eigenvalue weighted by molar-refractivity contribution is -0.122. The van der Waals surface area contributed by atoms with Gasteiger partial charge in [0.15, 0.2) is 5.82 Å². The van der Waals surface area contributed by atoms with Gasteiger partial charge in [0.25, 0.3) is 0 Å². The van der Waals surface area contributed by atoms with Crippen LogP contribution in [0.5, 0.6) is 0 Å². The molecule has 0 unspecified atom stereocenters. The Bertz CT molecular complexity index is 1570. The highest BCUT2D eigenvalue weighted by atomic mass is 16.6. The molecule has 1 atom stereocenters. The topological polar surface area (TPSA) is 111 Å². The van der Waals surface area contributed by atoms with Gasteiger partial charge in [0.2, 0.25) is 5.91 Å². The van der Waals surface area contributed by atoms with E-state index in [-0.39, 0.29) is 18.2 Å². The molecule has 1 aromatic heterocycles. The largest absolute Gasteiger partial charge is 0.444 e. The highest BCUT2D eigenvalue weighted by molar-refractivity contribution is 5.80. The number of ether oxygens (including phenoxy) is 1. The summed E-state index contributed by atoms with van der Waals surface area (Å²) in [6, 6.07) is 38.6. The smallest absolute Gasteiger partial charge is 0.408 e. The molecule has 4 aromatic carbocycles. The fourth-order valence-corrected chi connectivity index (χ4v) is 5.25. The van der Waals surface area contributed by atoms with Crippen molar-refractivity contribution in [1.82, 2.24) is 30.8 Å². The lowest BCUT2D eigenvalue weighted by Crippen LogP contribution is -2.49. The van der Waals surface area contributed by atoms with Crippen LogP contribution in [0.4, 0.5) is 4.79 Å². The number of benzene rings is 4. The molecule has 0 fully saturated rings. The Hall–Kier alpha value is -5.31. The summed E-state index contributed by atoms with van der Waals surface area (Å²) in [5, 5.41) is 19.1. The summed E-state index contributed by atoms with van der Waals surface area (Å²) in [7, 11) is 0. The molecule has 9 heteroatoms. The molecular formula is C36H38N6O3. The van der Waals surface area contributed by atoms with Crippen molar-refractivity contribution in [3.05, 3.63) is 149 Å². The van der Waals surface area contributed by atoms with E-state index in [0.29, 0.717) is 13.0 Å². The molecule has 0 aliphatic rings.